The van der Waals surface area contributed by atoms with Crippen molar-refractivity contribution in [3.63, 3.8) is 0 Å². The van der Waals surface area contributed by atoms with Crippen molar-refractivity contribution in [2.75, 3.05) is 0 Å². The number of hydrogen-bond acceptors (Lipinski definition) is 2. The van der Waals surface area contributed by atoms with E-state index in [1.165, 1.54) is 4.85 Å². The Bertz CT molecular complexity index is 369. The van der Waals surface area contributed by atoms with Gasteiger partial charge in [-0.2, -0.15) is 0 Å². The van der Waals surface area contributed by atoms with E-state index in [2.05, 4.69) is 5.10 Å². The first kappa shape index (κ1) is 8.13. The summed E-state index contributed by atoms with van der Waals surface area (Å²) in [6.07, 6.45) is 3.37. The molecule has 0 atom stereocenters. The molecule has 2 aromatic rings. The van der Waals surface area contributed by atoms with Gasteiger partial charge in [-0.1, -0.05) is 11.6 Å². The van der Waals surface area contributed by atoms with Crippen LogP contribution in [-0.4, -0.2) is 9.94 Å². The molecule has 0 saturated heterocycles. The molecule has 1 aromatic heterocycles. The Labute approximate surface area is 80.5 Å². The molecule has 66 valence electrons. The Kier molecular flexibility index (Phi) is 2.19. The van der Waals surface area contributed by atoms with E-state index in [0.717, 1.165) is 0 Å². The van der Waals surface area contributed by atoms with E-state index in [4.69, 9.17) is 16.4 Å². The molecule has 0 aliphatic rings. The second kappa shape index (κ2) is 3.49. The maximum Gasteiger partial charge on any atom is 0.158 e. The van der Waals surface area contributed by atoms with Crippen LogP contribution in [0.1, 0.15) is 0 Å². The van der Waals surface area contributed by atoms with Gasteiger partial charge in [0.1, 0.15) is 0 Å². The van der Waals surface area contributed by atoms with Crippen molar-refractivity contribution in [1.29, 1.82) is 0 Å². The predicted molar refractivity (Wildman–Crippen MR) is 49.7 cm³/mol. The summed E-state index contributed by atoms with van der Waals surface area (Å²) in [5.74, 6) is 0.702. The number of benzene rings is 1. The van der Waals surface area contributed by atoms with Gasteiger partial charge in [0.15, 0.2) is 5.75 Å². The highest BCUT2D eigenvalue weighted by Crippen LogP contribution is 2.15. The molecule has 1 heterocycles. The fourth-order valence-electron chi connectivity index (χ4n) is 0.912. The first-order valence-corrected chi connectivity index (χ1v) is 4.16. The molecule has 0 N–H and O–H groups in total. The number of hydrogen-bond donors (Lipinski definition) is 0. The lowest BCUT2D eigenvalue weighted by atomic mass is 10.3. The van der Waals surface area contributed by atoms with Gasteiger partial charge >= 0.3 is 0 Å². The molecule has 0 radical (unpaired) electrons. The molecule has 0 aliphatic heterocycles. The van der Waals surface area contributed by atoms with Crippen molar-refractivity contribution in [3.8, 4) is 5.75 Å². The third-order valence-corrected chi connectivity index (χ3v) is 1.74. The number of halogens is 1. The van der Waals surface area contributed by atoms with Crippen LogP contribution < -0.4 is 4.84 Å². The van der Waals surface area contributed by atoms with E-state index in [-0.39, 0.29) is 0 Å². The second-order valence-electron chi connectivity index (χ2n) is 2.45. The highest BCUT2D eigenvalue weighted by molar-refractivity contribution is 6.30. The molecule has 0 spiro atoms. The third-order valence-electron chi connectivity index (χ3n) is 1.49. The Morgan fingerprint density at radius 3 is 2.62 bits per heavy atom. The van der Waals surface area contributed by atoms with Gasteiger partial charge in [0.05, 0.1) is 12.4 Å². The smallest absolute Gasteiger partial charge is 0.158 e. The van der Waals surface area contributed by atoms with E-state index in [9.17, 15) is 0 Å². The van der Waals surface area contributed by atoms with Gasteiger partial charge in [-0.25, -0.2) is 0 Å². The molecule has 0 amide bonds. The molecular weight excluding hydrogens is 188 g/mol. The van der Waals surface area contributed by atoms with Crippen LogP contribution in [0.4, 0.5) is 0 Å². The van der Waals surface area contributed by atoms with Crippen molar-refractivity contribution in [2.24, 2.45) is 0 Å². The molecule has 3 nitrogen and oxygen atoms in total. The van der Waals surface area contributed by atoms with Crippen LogP contribution in [0.15, 0.2) is 42.7 Å². The molecule has 0 aliphatic carbocycles. The Balaban J connectivity index is 2.15. The van der Waals surface area contributed by atoms with Crippen LogP contribution in [0.5, 0.6) is 5.75 Å². The normalized spacial score (nSPS) is 9.92. The van der Waals surface area contributed by atoms with Gasteiger partial charge in [0.25, 0.3) is 0 Å². The topological polar surface area (TPSA) is 27.1 Å². The van der Waals surface area contributed by atoms with E-state index in [1.807, 2.05) is 0 Å². The first-order chi connectivity index (χ1) is 6.34. The molecular formula is C9H7ClN2O. The van der Waals surface area contributed by atoms with Crippen molar-refractivity contribution >= 4 is 11.6 Å². The Morgan fingerprint density at radius 1 is 1.23 bits per heavy atom. The van der Waals surface area contributed by atoms with Crippen LogP contribution in [0.2, 0.25) is 5.02 Å². The molecule has 13 heavy (non-hydrogen) atoms. The fourth-order valence-corrected chi connectivity index (χ4v) is 1.04. The molecule has 0 bridgehead atoms. The zero-order chi connectivity index (χ0) is 9.10. The van der Waals surface area contributed by atoms with Crippen LogP contribution in [-0.2, 0) is 0 Å². The fraction of sp³-hybridized carbons (Fsp3) is 0. The minimum atomic E-state index is 0.688. The SMILES string of the molecule is Clc1ccc(On2cccn2)cc1. The van der Waals surface area contributed by atoms with Crippen LogP contribution in [0.3, 0.4) is 0 Å². The van der Waals surface area contributed by atoms with Gasteiger partial charge in [-0.05, 0) is 30.3 Å². The summed E-state index contributed by atoms with van der Waals surface area (Å²) in [7, 11) is 0. The summed E-state index contributed by atoms with van der Waals surface area (Å²) in [5, 5.41) is 4.58. The van der Waals surface area contributed by atoms with Gasteiger partial charge in [0, 0.05) is 5.02 Å². The highest BCUT2D eigenvalue weighted by Gasteiger charge is 1.94. The minimum Gasteiger partial charge on any atom is -0.358 e. The zero-order valence-corrected chi connectivity index (χ0v) is 7.48. The lowest BCUT2D eigenvalue weighted by molar-refractivity contribution is 0.179. The minimum absolute atomic E-state index is 0.688. The van der Waals surface area contributed by atoms with Gasteiger partial charge in [0.2, 0.25) is 0 Å². The molecule has 0 unspecified atom stereocenters. The second-order valence-corrected chi connectivity index (χ2v) is 2.89. The van der Waals surface area contributed by atoms with Crippen molar-refractivity contribution in [3.05, 3.63) is 47.7 Å². The molecule has 4 heteroatoms. The summed E-state index contributed by atoms with van der Waals surface area (Å²) in [4.78, 5) is 6.70. The molecule has 0 saturated carbocycles. The van der Waals surface area contributed by atoms with Gasteiger partial charge in [-0.3, -0.25) is 0 Å². The average Bonchev–Trinajstić information content (AvgIpc) is 2.62. The summed E-state index contributed by atoms with van der Waals surface area (Å²) < 4.78 is 0. The molecule has 1 aromatic carbocycles. The van der Waals surface area contributed by atoms with E-state index < -0.39 is 0 Å². The summed E-state index contributed by atoms with van der Waals surface area (Å²) >= 11 is 5.72. The standard InChI is InChI=1S/C9H7ClN2O/c10-8-2-4-9(5-3-8)13-12-7-1-6-11-12/h1-7H. The van der Waals surface area contributed by atoms with E-state index in [1.54, 1.807) is 42.7 Å². The maximum atomic E-state index is 5.72. The molecule has 0 fully saturated rings. The molecule has 2 rings (SSSR count). The van der Waals surface area contributed by atoms with Crippen molar-refractivity contribution < 1.29 is 4.84 Å². The largest absolute Gasteiger partial charge is 0.358 e. The predicted octanol–water partition coefficient (Wildman–Crippen LogP) is 2.38. The zero-order valence-electron chi connectivity index (χ0n) is 6.72. The highest BCUT2D eigenvalue weighted by atomic mass is 35.5. The van der Waals surface area contributed by atoms with Gasteiger partial charge < -0.3 is 4.84 Å². The Morgan fingerprint density at radius 2 is 2.00 bits per heavy atom. The summed E-state index contributed by atoms with van der Waals surface area (Å²) in [6, 6.07) is 8.88. The van der Waals surface area contributed by atoms with Crippen molar-refractivity contribution in [2.45, 2.75) is 0 Å². The van der Waals surface area contributed by atoms with Gasteiger partial charge in [-0.15, -0.1) is 9.94 Å². The van der Waals surface area contributed by atoms with E-state index >= 15 is 0 Å². The van der Waals surface area contributed by atoms with Crippen molar-refractivity contribution in [1.82, 2.24) is 9.94 Å². The average molecular weight is 195 g/mol. The third kappa shape index (κ3) is 2.00. The van der Waals surface area contributed by atoms with Crippen LogP contribution in [0.25, 0.3) is 0 Å². The van der Waals surface area contributed by atoms with Crippen LogP contribution in [0, 0.1) is 0 Å². The quantitative estimate of drug-likeness (QED) is 0.734. The number of rotatable bonds is 2. The monoisotopic (exact) mass is 194 g/mol. The lowest BCUT2D eigenvalue weighted by Crippen LogP contribution is -2.04. The maximum absolute atomic E-state index is 5.72. The Hall–Kier alpha value is -1.48. The number of nitrogens with zero attached hydrogens (tertiary/aromatic N) is 2. The first-order valence-electron chi connectivity index (χ1n) is 3.78. The number of aromatic nitrogens is 2. The lowest BCUT2D eigenvalue weighted by Gasteiger charge is -2.02. The summed E-state index contributed by atoms with van der Waals surface area (Å²) in [5.41, 5.74) is 0. The summed E-state index contributed by atoms with van der Waals surface area (Å²) in [6.45, 7) is 0. The van der Waals surface area contributed by atoms with Crippen LogP contribution >= 0.6 is 11.6 Å². The van der Waals surface area contributed by atoms with E-state index in [0.29, 0.717) is 10.8 Å².